The molecule has 0 saturated carbocycles. The molecule has 1 heterocycles. The van der Waals surface area contributed by atoms with Gasteiger partial charge < -0.3 is 21.1 Å². The highest BCUT2D eigenvalue weighted by atomic mass is 35.5. The Bertz CT molecular complexity index is 1000. The van der Waals surface area contributed by atoms with Gasteiger partial charge in [0.15, 0.2) is 0 Å². The average molecular weight is 488 g/mol. The van der Waals surface area contributed by atoms with E-state index in [0.29, 0.717) is 17.9 Å². The van der Waals surface area contributed by atoms with Crippen molar-refractivity contribution in [2.24, 2.45) is 0 Å². The maximum absolute atomic E-state index is 12.7. The fourth-order valence-electron chi connectivity index (χ4n) is 3.84. The Balaban J connectivity index is 0.00000408. The predicted octanol–water partition coefficient (Wildman–Crippen LogP) is 2.36. The van der Waals surface area contributed by atoms with Crippen LogP contribution in [0.5, 0.6) is 0 Å². The standard InChI is InChI=1S/C24H29N5O4.ClH/c1-15(22(30)27-14-16-7-9-18(10-8-16)21(25)29-24(32)33)28-23(31)20-13-19(11-12-26-20)17-5-3-2-4-6-17;/h2-10,15,19-20,26H,11-14H2,1H3,(H2,25,29)(H,27,30)(H,28,31)(H,32,33);1H/t15?,19-,20+;/m0./s1. The van der Waals surface area contributed by atoms with Crippen molar-refractivity contribution < 1.29 is 19.5 Å². The zero-order valence-electron chi connectivity index (χ0n) is 18.8. The summed E-state index contributed by atoms with van der Waals surface area (Å²) in [5.41, 5.74) is 2.43. The second kappa shape index (κ2) is 12.7. The molecular formula is C24H30ClN5O4. The van der Waals surface area contributed by atoms with Gasteiger partial charge in [0, 0.05) is 12.1 Å². The van der Waals surface area contributed by atoms with Crippen LogP contribution < -0.4 is 21.3 Å². The molecule has 0 radical (unpaired) electrons. The summed E-state index contributed by atoms with van der Waals surface area (Å²) in [7, 11) is 0. The summed E-state index contributed by atoms with van der Waals surface area (Å²) in [5.74, 6) is -0.405. The molecule has 3 atom stereocenters. The fraction of sp³-hybridized carbons (Fsp3) is 0.333. The van der Waals surface area contributed by atoms with Crippen LogP contribution in [0.1, 0.15) is 42.4 Å². The molecule has 1 saturated heterocycles. The molecule has 182 valence electrons. The average Bonchev–Trinajstić information content (AvgIpc) is 2.83. The molecule has 2 aromatic rings. The third-order valence-electron chi connectivity index (χ3n) is 5.68. The molecule has 9 nitrogen and oxygen atoms in total. The summed E-state index contributed by atoms with van der Waals surface area (Å²) in [6, 6.07) is 15.7. The second-order valence-electron chi connectivity index (χ2n) is 8.09. The molecule has 2 aromatic carbocycles. The Morgan fingerprint density at radius 3 is 2.44 bits per heavy atom. The largest absolute Gasteiger partial charge is 0.465 e. The minimum absolute atomic E-state index is 0. The Morgan fingerprint density at radius 1 is 1.12 bits per heavy atom. The van der Waals surface area contributed by atoms with Crippen LogP contribution in [-0.4, -0.2) is 47.5 Å². The lowest BCUT2D eigenvalue weighted by molar-refractivity contribution is -0.130. The van der Waals surface area contributed by atoms with Gasteiger partial charge in [0.1, 0.15) is 11.9 Å². The number of hydrogen-bond acceptors (Lipinski definition) is 5. The SMILES string of the molecule is CC(NC(=O)[C@H]1C[C@@H](c2ccccc2)CCN1)C(=O)NCc1ccc(C(=N)NC(=O)O)cc1.Cl. The fourth-order valence-corrected chi connectivity index (χ4v) is 3.84. The van der Waals surface area contributed by atoms with E-state index >= 15 is 0 Å². The molecule has 1 fully saturated rings. The lowest BCUT2D eigenvalue weighted by Gasteiger charge is -2.30. The first-order valence-corrected chi connectivity index (χ1v) is 10.9. The van der Waals surface area contributed by atoms with Crippen LogP contribution in [0.4, 0.5) is 4.79 Å². The molecule has 0 spiro atoms. The Kier molecular flexibility index (Phi) is 10.0. The molecule has 3 rings (SSSR count). The van der Waals surface area contributed by atoms with Gasteiger partial charge in [-0.05, 0) is 43.4 Å². The molecule has 0 aromatic heterocycles. The van der Waals surface area contributed by atoms with Crippen molar-refractivity contribution in [3.63, 3.8) is 0 Å². The highest BCUT2D eigenvalue weighted by Crippen LogP contribution is 2.27. The highest BCUT2D eigenvalue weighted by Gasteiger charge is 2.29. The number of carbonyl (C=O) groups excluding carboxylic acids is 2. The van der Waals surface area contributed by atoms with Crippen molar-refractivity contribution in [1.29, 1.82) is 5.41 Å². The maximum atomic E-state index is 12.7. The number of carboxylic acid groups (broad SMARTS) is 1. The maximum Gasteiger partial charge on any atom is 0.410 e. The molecule has 34 heavy (non-hydrogen) atoms. The van der Waals surface area contributed by atoms with Gasteiger partial charge in [0.05, 0.1) is 6.04 Å². The number of hydrogen-bond donors (Lipinski definition) is 6. The van der Waals surface area contributed by atoms with Crippen molar-refractivity contribution in [3.05, 3.63) is 71.3 Å². The van der Waals surface area contributed by atoms with E-state index in [4.69, 9.17) is 10.5 Å². The summed E-state index contributed by atoms with van der Waals surface area (Å²) in [6.07, 6.45) is 0.350. The zero-order chi connectivity index (χ0) is 23.8. The van der Waals surface area contributed by atoms with Gasteiger partial charge in [-0.2, -0.15) is 0 Å². The van der Waals surface area contributed by atoms with E-state index in [2.05, 4.69) is 28.1 Å². The molecule has 0 bridgehead atoms. The van der Waals surface area contributed by atoms with Gasteiger partial charge in [-0.15, -0.1) is 12.4 Å². The minimum Gasteiger partial charge on any atom is -0.465 e. The summed E-state index contributed by atoms with van der Waals surface area (Å²) >= 11 is 0. The van der Waals surface area contributed by atoms with E-state index in [0.717, 1.165) is 18.5 Å². The van der Waals surface area contributed by atoms with Gasteiger partial charge in [-0.25, -0.2) is 4.79 Å². The molecular weight excluding hydrogens is 458 g/mol. The van der Waals surface area contributed by atoms with Gasteiger partial charge in [-0.1, -0.05) is 54.6 Å². The molecule has 0 aliphatic carbocycles. The Labute approximate surface area is 204 Å². The summed E-state index contributed by atoms with van der Waals surface area (Å²) < 4.78 is 0. The van der Waals surface area contributed by atoms with Crippen molar-refractivity contribution in [3.8, 4) is 0 Å². The number of halogens is 1. The Morgan fingerprint density at radius 2 is 1.79 bits per heavy atom. The second-order valence-corrected chi connectivity index (χ2v) is 8.09. The number of piperidine rings is 1. The normalized spacial score (nSPS) is 18.0. The van der Waals surface area contributed by atoms with Gasteiger partial charge in [-0.3, -0.25) is 20.3 Å². The number of benzene rings is 2. The van der Waals surface area contributed by atoms with E-state index in [1.165, 1.54) is 5.56 Å². The van der Waals surface area contributed by atoms with Crippen LogP contribution in [0.15, 0.2) is 54.6 Å². The first kappa shape index (κ1) is 26.8. The van der Waals surface area contributed by atoms with E-state index in [1.54, 1.807) is 31.2 Å². The molecule has 1 unspecified atom stereocenters. The lowest BCUT2D eigenvalue weighted by Crippen LogP contribution is -2.53. The highest BCUT2D eigenvalue weighted by molar-refractivity contribution is 6.04. The number of nitrogens with one attached hydrogen (secondary N) is 5. The van der Waals surface area contributed by atoms with Crippen LogP contribution >= 0.6 is 12.4 Å². The summed E-state index contributed by atoms with van der Waals surface area (Å²) in [4.78, 5) is 35.8. The molecule has 6 N–H and O–H groups in total. The van der Waals surface area contributed by atoms with E-state index < -0.39 is 12.1 Å². The first-order chi connectivity index (χ1) is 15.8. The van der Waals surface area contributed by atoms with Crippen molar-refractivity contribution in [2.75, 3.05) is 6.54 Å². The predicted molar refractivity (Wildman–Crippen MR) is 131 cm³/mol. The summed E-state index contributed by atoms with van der Waals surface area (Å²) in [5, 5.41) is 27.1. The molecule has 10 heteroatoms. The quantitative estimate of drug-likeness (QED) is 0.262. The van der Waals surface area contributed by atoms with Crippen molar-refractivity contribution >= 4 is 36.2 Å². The molecule has 3 amide bonds. The molecule has 1 aliphatic rings. The van der Waals surface area contributed by atoms with Crippen LogP contribution in [0.3, 0.4) is 0 Å². The first-order valence-electron chi connectivity index (χ1n) is 10.9. The zero-order valence-corrected chi connectivity index (χ0v) is 19.7. The smallest absolute Gasteiger partial charge is 0.410 e. The van der Waals surface area contributed by atoms with E-state index in [9.17, 15) is 14.4 Å². The van der Waals surface area contributed by atoms with Gasteiger partial charge in [0.25, 0.3) is 0 Å². The van der Waals surface area contributed by atoms with E-state index in [1.807, 2.05) is 23.5 Å². The third-order valence-corrected chi connectivity index (χ3v) is 5.68. The lowest BCUT2D eigenvalue weighted by atomic mass is 9.86. The van der Waals surface area contributed by atoms with Crippen LogP contribution in [0.25, 0.3) is 0 Å². The monoisotopic (exact) mass is 487 g/mol. The topological polar surface area (TPSA) is 143 Å². The van der Waals surface area contributed by atoms with Crippen LogP contribution in [0.2, 0.25) is 0 Å². The molecule has 1 aliphatic heterocycles. The third kappa shape index (κ3) is 7.57. The van der Waals surface area contributed by atoms with Gasteiger partial charge in [0.2, 0.25) is 11.8 Å². The minimum atomic E-state index is -1.30. The number of rotatable bonds is 7. The number of amidine groups is 1. The van der Waals surface area contributed by atoms with E-state index in [-0.39, 0.29) is 42.6 Å². The number of carbonyl (C=O) groups is 3. The summed E-state index contributed by atoms with van der Waals surface area (Å²) in [6.45, 7) is 2.64. The van der Waals surface area contributed by atoms with Crippen molar-refractivity contribution in [1.82, 2.24) is 21.3 Å². The Hall–Kier alpha value is -3.43. The van der Waals surface area contributed by atoms with Crippen LogP contribution in [0, 0.1) is 5.41 Å². The van der Waals surface area contributed by atoms with Crippen molar-refractivity contribution in [2.45, 2.75) is 44.3 Å². The van der Waals surface area contributed by atoms with Gasteiger partial charge >= 0.3 is 6.09 Å². The van der Waals surface area contributed by atoms with Crippen LogP contribution in [-0.2, 0) is 16.1 Å². The number of amides is 3.